The first-order valence-corrected chi connectivity index (χ1v) is 8.00. The van der Waals surface area contributed by atoms with Crippen molar-refractivity contribution in [3.63, 3.8) is 0 Å². The fourth-order valence-electron chi connectivity index (χ4n) is 1.74. The lowest BCUT2D eigenvalue weighted by atomic mass is 10.1. The zero-order chi connectivity index (χ0) is 14.8. The van der Waals surface area contributed by atoms with E-state index < -0.39 is 21.4 Å². The Bertz CT molecular complexity index is 734. The zero-order valence-electron chi connectivity index (χ0n) is 10.8. The predicted molar refractivity (Wildman–Crippen MR) is 79.0 cm³/mol. The minimum absolute atomic E-state index is 0.0606. The molecule has 0 saturated carbocycles. The van der Waals surface area contributed by atoms with E-state index >= 15 is 0 Å². The van der Waals surface area contributed by atoms with Gasteiger partial charge in [0.15, 0.2) is 15.6 Å². The number of halogens is 1. The molecule has 0 bridgehead atoms. The number of carbonyl (C=O) groups is 1. The van der Waals surface area contributed by atoms with Crippen molar-refractivity contribution in [2.24, 2.45) is 0 Å². The topological polar surface area (TPSA) is 51.2 Å². The van der Waals surface area contributed by atoms with Crippen LogP contribution in [0.3, 0.4) is 0 Å². The van der Waals surface area contributed by atoms with Gasteiger partial charge in [0.05, 0.1) is 4.90 Å². The van der Waals surface area contributed by atoms with Crippen molar-refractivity contribution in [3.05, 3.63) is 64.7 Å². The summed E-state index contributed by atoms with van der Waals surface area (Å²) in [5.74, 6) is -0.985. The van der Waals surface area contributed by atoms with Gasteiger partial charge in [-0.05, 0) is 25.1 Å². The quantitative estimate of drug-likeness (QED) is 0.814. The molecule has 0 N–H and O–H groups in total. The molecule has 0 aliphatic heterocycles. The standard InChI is InChI=1S/C15H13ClO3S/c1-11-5-7-12(8-6-11)15(17)10-20(18,19)14-4-2-3-13(16)9-14/h2-9H,10H2,1H3. The maximum atomic E-state index is 12.2. The van der Waals surface area contributed by atoms with Gasteiger partial charge < -0.3 is 0 Å². The lowest BCUT2D eigenvalue weighted by Crippen LogP contribution is -2.16. The third kappa shape index (κ3) is 3.46. The number of sulfone groups is 1. The first-order chi connectivity index (χ1) is 9.38. The van der Waals surface area contributed by atoms with Crippen LogP contribution in [0.15, 0.2) is 53.4 Å². The number of benzene rings is 2. The maximum Gasteiger partial charge on any atom is 0.185 e. The summed E-state index contributed by atoms with van der Waals surface area (Å²) in [6.45, 7) is 1.90. The van der Waals surface area contributed by atoms with E-state index in [1.165, 1.54) is 12.1 Å². The molecule has 2 aromatic rings. The van der Waals surface area contributed by atoms with Crippen molar-refractivity contribution in [2.75, 3.05) is 5.75 Å². The molecule has 2 rings (SSSR count). The first-order valence-electron chi connectivity index (χ1n) is 5.97. The smallest absolute Gasteiger partial charge is 0.185 e. The minimum atomic E-state index is -3.67. The maximum absolute atomic E-state index is 12.2. The van der Waals surface area contributed by atoms with E-state index in [9.17, 15) is 13.2 Å². The summed E-state index contributed by atoms with van der Waals surface area (Å²) < 4.78 is 24.3. The zero-order valence-corrected chi connectivity index (χ0v) is 12.4. The molecule has 3 nitrogen and oxygen atoms in total. The molecule has 0 heterocycles. The fraction of sp³-hybridized carbons (Fsp3) is 0.133. The molecule has 2 aromatic carbocycles. The molecule has 104 valence electrons. The number of rotatable bonds is 4. The van der Waals surface area contributed by atoms with Gasteiger partial charge in [-0.1, -0.05) is 47.5 Å². The molecule has 0 aliphatic rings. The summed E-state index contributed by atoms with van der Waals surface area (Å²) in [6.07, 6.45) is 0. The highest BCUT2D eigenvalue weighted by atomic mass is 35.5. The fourth-order valence-corrected chi connectivity index (χ4v) is 3.27. The van der Waals surface area contributed by atoms with Gasteiger partial charge in [0.2, 0.25) is 0 Å². The highest BCUT2D eigenvalue weighted by molar-refractivity contribution is 7.92. The van der Waals surface area contributed by atoms with Gasteiger partial charge in [-0.2, -0.15) is 0 Å². The highest BCUT2D eigenvalue weighted by Gasteiger charge is 2.20. The molecular weight excluding hydrogens is 296 g/mol. The number of hydrogen-bond acceptors (Lipinski definition) is 3. The SMILES string of the molecule is Cc1ccc(C(=O)CS(=O)(=O)c2cccc(Cl)c2)cc1. The summed E-state index contributed by atoms with van der Waals surface area (Å²) in [5, 5.41) is 0.328. The Balaban J connectivity index is 2.24. The van der Waals surface area contributed by atoms with Gasteiger partial charge in [0.25, 0.3) is 0 Å². The Labute approximate surface area is 123 Å². The predicted octanol–water partition coefficient (Wildman–Crippen LogP) is 3.31. The lowest BCUT2D eigenvalue weighted by molar-refractivity contribution is 0.102. The van der Waals surface area contributed by atoms with E-state index in [2.05, 4.69) is 0 Å². The number of Topliss-reactive ketones (excluding diaryl/α,β-unsaturated/α-hetero) is 1. The number of carbonyl (C=O) groups excluding carboxylic acids is 1. The number of hydrogen-bond donors (Lipinski definition) is 0. The Kier molecular flexibility index (Phi) is 4.26. The van der Waals surface area contributed by atoms with E-state index in [-0.39, 0.29) is 4.90 Å². The van der Waals surface area contributed by atoms with Crippen LogP contribution in [0.4, 0.5) is 0 Å². The van der Waals surface area contributed by atoms with E-state index in [4.69, 9.17) is 11.6 Å². The van der Waals surface area contributed by atoms with Gasteiger partial charge in [0, 0.05) is 10.6 Å². The molecule has 0 atom stereocenters. The number of ketones is 1. The van der Waals surface area contributed by atoms with Crippen molar-refractivity contribution in [1.82, 2.24) is 0 Å². The second-order valence-corrected chi connectivity index (χ2v) is 6.93. The Hall–Kier alpha value is -1.65. The van der Waals surface area contributed by atoms with Crippen LogP contribution in [0.5, 0.6) is 0 Å². The molecule has 0 fully saturated rings. The summed E-state index contributed by atoms with van der Waals surface area (Å²) in [7, 11) is -3.67. The molecule has 0 aromatic heterocycles. The molecule has 0 amide bonds. The van der Waals surface area contributed by atoms with Crippen LogP contribution in [0.1, 0.15) is 15.9 Å². The van der Waals surface area contributed by atoms with Crippen molar-refractivity contribution >= 4 is 27.2 Å². The lowest BCUT2D eigenvalue weighted by Gasteiger charge is -2.05. The molecule has 0 unspecified atom stereocenters. The second-order valence-electron chi connectivity index (χ2n) is 4.51. The third-order valence-electron chi connectivity index (χ3n) is 2.85. The average molecular weight is 309 g/mol. The van der Waals surface area contributed by atoms with Gasteiger partial charge >= 0.3 is 0 Å². The van der Waals surface area contributed by atoms with Crippen molar-refractivity contribution in [1.29, 1.82) is 0 Å². The second kappa shape index (κ2) is 5.77. The third-order valence-corrected chi connectivity index (χ3v) is 4.70. The summed E-state index contributed by atoms with van der Waals surface area (Å²) >= 11 is 5.77. The Morgan fingerprint density at radius 2 is 1.75 bits per heavy atom. The van der Waals surface area contributed by atoms with E-state index in [1.807, 2.05) is 6.92 Å². The van der Waals surface area contributed by atoms with Crippen molar-refractivity contribution in [3.8, 4) is 0 Å². The van der Waals surface area contributed by atoms with E-state index in [0.29, 0.717) is 10.6 Å². The molecule has 0 saturated heterocycles. The number of aryl methyl sites for hydroxylation is 1. The monoisotopic (exact) mass is 308 g/mol. The normalized spacial score (nSPS) is 11.3. The molecular formula is C15H13ClO3S. The van der Waals surface area contributed by atoms with Gasteiger partial charge in [-0.3, -0.25) is 4.79 Å². The average Bonchev–Trinajstić information content (AvgIpc) is 2.39. The minimum Gasteiger partial charge on any atom is -0.293 e. The molecule has 0 spiro atoms. The van der Waals surface area contributed by atoms with Crippen LogP contribution in [-0.4, -0.2) is 20.0 Å². The molecule has 0 radical (unpaired) electrons. The van der Waals surface area contributed by atoms with Crippen molar-refractivity contribution < 1.29 is 13.2 Å². The van der Waals surface area contributed by atoms with Crippen LogP contribution in [0.2, 0.25) is 5.02 Å². The van der Waals surface area contributed by atoms with Crippen LogP contribution in [0, 0.1) is 6.92 Å². The summed E-state index contributed by atoms with van der Waals surface area (Å²) in [5.41, 5.74) is 1.40. The van der Waals surface area contributed by atoms with Gasteiger partial charge in [0.1, 0.15) is 5.75 Å². The van der Waals surface area contributed by atoms with Gasteiger partial charge in [-0.15, -0.1) is 0 Å². The van der Waals surface area contributed by atoms with Crippen LogP contribution >= 0.6 is 11.6 Å². The molecule has 0 aliphatic carbocycles. The molecule has 20 heavy (non-hydrogen) atoms. The summed E-state index contributed by atoms with van der Waals surface area (Å²) in [6, 6.07) is 12.7. The van der Waals surface area contributed by atoms with Crippen molar-refractivity contribution in [2.45, 2.75) is 11.8 Å². The Morgan fingerprint density at radius 1 is 1.10 bits per heavy atom. The highest BCUT2D eigenvalue weighted by Crippen LogP contribution is 2.18. The van der Waals surface area contributed by atoms with Crippen LogP contribution < -0.4 is 0 Å². The van der Waals surface area contributed by atoms with Gasteiger partial charge in [-0.25, -0.2) is 8.42 Å². The molecule has 5 heteroatoms. The van der Waals surface area contributed by atoms with E-state index in [1.54, 1.807) is 36.4 Å². The first kappa shape index (κ1) is 14.8. The largest absolute Gasteiger partial charge is 0.293 e. The summed E-state index contributed by atoms with van der Waals surface area (Å²) in [4.78, 5) is 12.1. The Morgan fingerprint density at radius 3 is 2.35 bits per heavy atom. The van der Waals surface area contributed by atoms with Crippen LogP contribution in [-0.2, 0) is 9.84 Å². The van der Waals surface area contributed by atoms with Crippen LogP contribution in [0.25, 0.3) is 0 Å². The van der Waals surface area contributed by atoms with E-state index in [0.717, 1.165) is 5.56 Å².